The third-order valence-electron chi connectivity index (χ3n) is 4.04. The van der Waals surface area contributed by atoms with Crippen molar-refractivity contribution in [1.82, 2.24) is 15.0 Å². The lowest BCUT2D eigenvalue weighted by Crippen LogP contribution is -2.08. The lowest BCUT2D eigenvalue weighted by molar-refractivity contribution is 1.07. The van der Waals surface area contributed by atoms with Crippen molar-refractivity contribution in [3.8, 4) is 6.07 Å². The lowest BCUT2D eigenvalue weighted by Gasteiger charge is -2.15. The minimum atomic E-state index is 0.102. The number of aryl methyl sites for hydroxylation is 2. The van der Waals surface area contributed by atoms with Crippen LogP contribution in [0.2, 0.25) is 0 Å². The molecule has 0 amide bonds. The summed E-state index contributed by atoms with van der Waals surface area (Å²) >= 11 is 3.61. The van der Waals surface area contributed by atoms with Gasteiger partial charge in [-0.05, 0) is 61.7 Å². The monoisotopic (exact) mass is 423 g/mol. The average Bonchev–Trinajstić information content (AvgIpc) is 2.64. The number of nitrogen functional groups attached to an aromatic ring is 1. The van der Waals surface area contributed by atoms with E-state index in [-0.39, 0.29) is 5.95 Å². The maximum Gasteiger partial charge on any atom is 0.233 e. The molecule has 1 heterocycles. The Bertz CT molecular complexity index is 1040. The zero-order chi connectivity index (χ0) is 19.6. The SMILES string of the molecule is Cc1cc(C)c(Nc2nc(N)nc(Nc3ccc(C#N)cc3)n2)c(C)c1Br. The molecule has 0 unspecified atom stereocenters. The third kappa shape index (κ3) is 4.15. The molecule has 3 rings (SSSR count). The van der Waals surface area contributed by atoms with Crippen LogP contribution in [0, 0.1) is 32.1 Å². The summed E-state index contributed by atoms with van der Waals surface area (Å²) in [5.74, 6) is 0.766. The maximum atomic E-state index is 8.88. The van der Waals surface area contributed by atoms with E-state index in [4.69, 9.17) is 11.0 Å². The summed E-state index contributed by atoms with van der Waals surface area (Å²) < 4.78 is 1.04. The first-order valence-corrected chi connectivity index (χ1v) is 8.98. The van der Waals surface area contributed by atoms with Crippen molar-refractivity contribution < 1.29 is 0 Å². The van der Waals surface area contributed by atoms with E-state index in [1.165, 1.54) is 0 Å². The van der Waals surface area contributed by atoms with Crippen LogP contribution < -0.4 is 16.4 Å². The van der Waals surface area contributed by atoms with Gasteiger partial charge in [0.1, 0.15) is 0 Å². The Labute approximate surface area is 165 Å². The van der Waals surface area contributed by atoms with Crippen LogP contribution in [0.5, 0.6) is 0 Å². The van der Waals surface area contributed by atoms with Crippen molar-refractivity contribution in [3.63, 3.8) is 0 Å². The van der Waals surface area contributed by atoms with Gasteiger partial charge < -0.3 is 16.4 Å². The zero-order valence-corrected chi connectivity index (χ0v) is 16.7. The molecule has 0 atom stereocenters. The van der Waals surface area contributed by atoms with E-state index < -0.39 is 0 Å². The van der Waals surface area contributed by atoms with Gasteiger partial charge in [-0.25, -0.2) is 0 Å². The van der Waals surface area contributed by atoms with Gasteiger partial charge in [-0.3, -0.25) is 0 Å². The van der Waals surface area contributed by atoms with E-state index in [9.17, 15) is 0 Å². The van der Waals surface area contributed by atoms with Gasteiger partial charge in [-0.2, -0.15) is 20.2 Å². The molecule has 0 saturated heterocycles. The van der Waals surface area contributed by atoms with Crippen molar-refractivity contribution in [2.75, 3.05) is 16.4 Å². The number of rotatable bonds is 4. The predicted molar refractivity (Wildman–Crippen MR) is 110 cm³/mol. The highest BCUT2D eigenvalue weighted by Gasteiger charge is 2.12. The Morgan fingerprint density at radius 3 is 2.22 bits per heavy atom. The Kier molecular flexibility index (Phi) is 5.23. The quantitative estimate of drug-likeness (QED) is 0.565. The number of nitriles is 1. The molecule has 3 aromatic rings. The Morgan fingerprint density at radius 1 is 0.963 bits per heavy atom. The van der Waals surface area contributed by atoms with Gasteiger partial charge in [0, 0.05) is 15.8 Å². The molecule has 0 bridgehead atoms. The molecule has 0 aliphatic heterocycles. The van der Waals surface area contributed by atoms with Crippen molar-refractivity contribution in [1.29, 1.82) is 5.26 Å². The van der Waals surface area contributed by atoms with Crippen molar-refractivity contribution >= 4 is 45.1 Å². The predicted octanol–water partition coefficient (Wildman–Crippen LogP) is 4.50. The van der Waals surface area contributed by atoms with E-state index >= 15 is 0 Å². The molecule has 7 nitrogen and oxygen atoms in total. The van der Waals surface area contributed by atoms with Crippen molar-refractivity contribution in [2.24, 2.45) is 0 Å². The molecular weight excluding hydrogens is 406 g/mol. The topological polar surface area (TPSA) is 113 Å². The summed E-state index contributed by atoms with van der Waals surface area (Å²) in [6, 6.07) is 11.1. The van der Waals surface area contributed by atoms with Gasteiger partial charge in [0.25, 0.3) is 0 Å². The van der Waals surface area contributed by atoms with Crippen molar-refractivity contribution in [2.45, 2.75) is 20.8 Å². The van der Waals surface area contributed by atoms with Gasteiger partial charge in [0.15, 0.2) is 0 Å². The van der Waals surface area contributed by atoms with E-state index in [1.54, 1.807) is 24.3 Å². The second-order valence-corrected chi connectivity index (χ2v) is 6.90. The molecule has 2 aromatic carbocycles. The number of halogens is 1. The molecule has 8 heteroatoms. The highest BCUT2D eigenvalue weighted by molar-refractivity contribution is 9.10. The zero-order valence-electron chi connectivity index (χ0n) is 15.1. The first kappa shape index (κ1) is 18.6. The minimum Gasteiger partial charge on any atom is -0.368 e. The molecule has 0 aliphatic carbocycles. The maximum absolute atomic E-state index is 8.88. The molecule has 0 saturated carbocycles. The number of hydrogen-bond acceptors (Lipinski definition) is 7. The van der Waals surface area contributed by atoms with Gasteiger partial charge in [0.05, 0.1) is 11.6 Å². The van der Waals surface area contributed by atoms with Crippen LogP contribution >= 0.6 is 15.9 Å². The fourth-order valence-electron chi connectivity index (χ4n) is 2.73. The number of nitrogens with two attached hydrogens (primary N) is 1. The number of anilines is 5. The van der Waals surface area contributed by atoms with Gasteiger partial charge in [0.2, 0.25) is 17.8 Å². The highest BCUT2D eigenvalue weighted by atomic mass is 79.9. The van der Waals surface area contributed by atoms with Crippen LogP contribution in [0.1, 0.15) is 22.3 Å². The summed E-state index contributed by atoms with van der Waals surface area (Å²) in [5, 5.41) is 15.2. The number of nitrogens with zero attached hydrogens (tertiary/aromatic N) is 4. The Balaban J connectivity index is 1.90. The van der Waals surface area contributed by atoms with Crippen LogP contribution in [-0.2, 0) is 0 Å². The van der Waals surface area contributed by atoms with Crippen LogP contribution in [0.25, 0.3) is 0 Å². The van der Waals surface area contributed by atoms with E-state index in [2.05, 4.69) is 53.7 Å². The summed E-state index contributed by atoms with van der Waals surface area (Å²) in [7, 11) is 0. The molecule has 0 aliphatic rings. The van der Waals surface area contributed by atoms with Gasteiger partial charge >= 0.3 is 0 Å². The van der Waals surface area contributed by atoms with Crippen LogP contribution in [-0.4, -0.2) is 15.0 Å². The third-order valence-corrected chi connectivity index (χ3v) is 5.26. The van der Waals surface area contributed by atoms with E-state index in [0.29, 0.717) is 17.5 Å². The standard InChI is InChI=1S/C19H18BrN7/c1-10-8-11(2)16(12(3)15(10)20)24-19-26-17(22)25-18(27-19)23-14-6-4-13(9-21)5-7-14/h4-8H,1-3H3,(H4,22,23,24,25,26,27). The summed E-state index contributed by atoms with van der Waals surface area (Å²) in [6.07, 6.45) is 0. The van der Waals surface area contributed by atoms with Gasteiger partial charge in [-0.1, -0.05) is 22.0 Å². The number of aromatic nitrogens is 3. The summed E-state index contributed by atoms with van der Waals surface area (Å²) in [5.41, 5.74) is 11.4. The molecule has 4 N–H and O–H groups in total. The molecular formula is C19H18BrN7. The number of nitrogens with one attached hydrogen (secondary N) is 2. The fourth-order valence-corrected chi connectivity index (χ4v) is 3.04. The Morgan fingerprint density at radius 2 is 1.59 bits per heavy atom. The first-order chi connectivity index (χ1) is 12.9. The molecule has 1 aromatic heterocycles. The van der Waals surface area contributed by atoms with Gasteiger partial charge in [-0.15, -0.1) is 0 Å². The molecule has 0 fully saturated rings. The van der Waals surface area contributed by atoms with Crippen LogP contribution in [0.4, 0.5) is 29.2 Å². The average molecular weight is 424 g/mol. The Hall–Kier alpha value is -3.18. The number of benzene rings is 2. The second-order valence-electron chi connectivity index (χ2n) is 6.10. The molecule has 0 radical (unpaired) electrons. The highest BCUT2D eigenvalue weighted by Crippen LogP contribution is 2.32. The lowest BCUT2D eigenvalue weighted by atomic mass is 10.1. The number of hydrogen-bond donors (Lipinski definition) is 3. The molecule has 0 spiro atoms. The molecule has 136 valence electrons. The van der Waals surface area contributed by atoms with Crippen LogP contribution in [0.3, 0.4) is 0 Å². The summed E-state index contributed by atoms with van der Waals surface area (Å²) in [4.78, 5) is 12.7. The van der Waals surface area contributed by atoms with Crippen LogP contribution in [0.15, 0.2) is 34.8 Å². The fraction of sp³-hybridized carbons (Fsp3) is 0.158. The molecule has 27 heavy (non-hydrogen) atoms. The van der Waals surface area contributed by atoms with E-state index in [0.717, 1.165) is 32.5 Å². The minimum absolute atomic E-state index is 0.102. The smallest absolute Gasteiger partial charge is 0.233 e. The second kappa shape index (κ2) is 7.60. The normalized spacial score (nSPS) is 10.3. The summed E-state index contributed by atoms with van der Waals surface area (Å²) in [6.45, 7) is 6.09. The van der Waals surface area contributed by atoms with E-state index in [1.807, 2.05) is 20.8 Å². The largest absolute Gasteiger partial charge is 0.368 e. The van der Waals surface area contributed by atoms with Crippen molar-refractivity contribution in [3.05, 3.63) is 57.1 Å². The first-order valence-electron chi connectivity index (χ1n) is 8.19.